The third-order valence-electron chi connectivity index (χ3n) is 2.91. The molecule has 0 fully saturated rings. The van der Waals surface area contributed by atoms with E-state index < -0.39 is 19.4 Å². The largest absolute Gasteiger partial charge is 0.402 e. The predicted molar refractivity (Wildman–Crippen MR) is 76.6 cm³/mol. The molecule has 0 heterocycles. The second-order valence-corrected chi connectivity index (χ2v) is 6.57. The Balaban J connectivity index is 2.76. The number of hydrogen-bond acceptors (Lipinski definition) is 4. The third kappa shape index (κ3) is 4.58. The molecule has 0 aromatic heterocycles. The molecule has 120 valence electrons. The maximum absolute atomic E-state index is 14.2. The average Bonchev–Trinajstić information content (AvgIpc) is 2.46. The molecule has 0 bridgehead atoms. The van der Waals surface area contributed by atoms with Gasteiger partial charge in [0.15, 0.2) is 0 Å². The normalized spacial score (nSPS) is 14.1. The van der Waals surface area contributed by atoms with E-state index in [9.17, 15) is 18.5 Å². The van der Waals surface area contributed by atoms with Crippen molar-refractivity contribution in [3.05, 3.63) is 35.9 Å². The van der Waals surface area contributed by atoms with Crippen molar-refractivity contribution in [2.45, 2.75) is 38.5 Å². The Kier molecular flexibility index (Phi) is 6.94. The summed E-state index contributed by atoms with van der Waals surface area (Å²) in [6.45, 7) is 2.52. The van der Waals surface area contributed by atoms with Crippen LogP contribution in [-0.4, -0.2) is 30.1 Å². The first-order valence-corrected chi connectivity index (χ1v) is 8.40. The summed E-state index contributed by atoms with van der Waals surface area (Å²) in [6, 6.07) is 8.92. The molecular weight excluding hydrogens is 301 g/mol. The zero-order chi connectivity index (χ0) is 15.9. The van der Waals surface area contributed by atoms with E-state index in [2.05, 4.69) is 9.05 Å². The molecule has 0 saturated carbocycles. The number of rotatable bonds is 9. The van der Waals surface area contributed by atoms with Gasteiger partial charge in [0.2, 0.25) is 0 Å². The Morgan fingerprint density at radius 1 is 1.19 bits per heavy atom. The molecule has 1 atom stereocenters. The average molecular weight is 322 g/mol. The first-order valence-electron chi connectivity index (χ1n) is 6.86. The van der Waals surface area contributed by atoms with Gasteiger partial charge in [-0.2, -0.15) is 8.78 Å². The summed E-state index contributed by atoms with van der Waals surface area (Å²) in [5.74, 6) is 0. The third-order valence-corrected chi connectivity index (χ3v) is 5.14. The lowest BCUT2D eigenvalue weighted by Crippen LogP contribution is -2.35. The molecule has 7 heteroatoms. The summed E-state index contributed by atoms with van der Waals surface area (Å²) >= 11 is 0. The van der Waals surface area contributed by atoms with E-state index in [0.717, 1.165) is 5.56 Å². The van der Waals surface area contributed by atoms with E-state index in [4.69, 9.17) is 0 Å². The van der Waals surface area contributed by atoms with Crippen molar-refractivity contribution in [1.82, 2.24) is 0 Å². The Labute approximate surface area is 123 Å². The number of hydrogen-bond donors (Lipinski definition) is 1. The monoisotopic (exact) mass is 322 g/mol. The van der Waals surface area contributed by atoms with E-state index in [1.54, 1.807) is 24.3 Å². The van der Waals surface area contributed by atoms with E-state index in [-0.39, 0.29) is 26.1 Å². The van der Waals surface area contributed by atoms with E-state index >= 15 is 0 Å². The Morgan fingerprint density at radius 2 is 1.71 bits per heavy atom. The minimum atomic E-state index is -4.68. The van der Waals surface area contributed by atoms with Crippen LogP contribution >= 0.6 is 7.60 Å². The van der Waals surface area contributed by atoms with Crippen LogP contribution in [0.5, 0.6) is 0 Å². The summed E-state index contributed by atoms with van der Waals surface area (Å²) in [6.07, 6.45) is -2.08. The first-order chi connectivity index (χ1) is 9.87. The van der Waals surface area contributed by atoms with Gasteiger partial charge in [0, 0.05) is 0 Å². The van der Waals surface area contributed by atoms with Gasteiger partial charge in [0.1, 0.15) is 6.10 Å². The maximum Gasteiger partial charge on any atom is 0.402 e. The van der Waals surface area contributed by atoms with Crippen LogP contribution in [-0.2, 0) is 20.0 Å². The van der Waals surface area contributed by atoms with Gasteiger partial charge in [-0.15, -0.1) is 0 Å². The molecule has 0 spiro atoms. The summed E-state index contributed by atoms with van der Waals surface area (Å²) < 4.78 is 49.8. The molecule has 0 amide bonds. The van der Waals surface area contributed by atoms with Gasteiger partial charge < -0.3 is 14.2 Å². The van der Waals surface area contributed by atoms with Crippen molar-refractivity contribution >= 4 is 7.60 Å². The Hall–Kier alpha value is -0.810. The van der Waals surface area contributed by atoms with Crippen molar-refractivity contribution < 1.29 is 27.5 Å². The van der Waals surface area contributed by atoms with Crippen LogP contribution in [0.15, 0.2) is 30.3 Å². The molecule has 0 saturated heterocycles. The molecule has 0 aliphatic carbocycles. The molecule has 1 aromatic rings. The number of benzene rings is 1. The number of halogens is 2. The van der Waals surface area contributed by atoms with Crippen LogP contribution in [0.2, 0.25) is 0 Å². The highest BCUT2D eigenvalue weighted by molar-refractivity contribution is 7.55. The molecule has 0 aliphatic rings. The molecule has 0 radical (unpaired) electrons. The van der Waals surface area contributed by atoms with Gasteiger partial charge in [-0.25, -0.2) is 0 Å². The summed E-state index contributed by atoms with van der Waals surface area (Å²) in [4.78, 5) is 0. The highest BCUT2D eigenvalue weighted by Crippen LogP contribution is 2.63. The van der Waals surface area contributed by atoms with Gasteiger partial charge in [-0.3, -0.25) is 4.57 Å². The van der Waals surface area contributed by atoms with Crippen molar-refractivity contribution in [2.75, 3.05) is 13.2 Å². The highest BCUT2D eigenvalue weighted by Gasteiger charge is 2.58. The second-order valence-electron chi connectivity index (χ2n) is 4.46. The zero-order valence-corrected chi connectivity index (χ0v) is 13.1. The maximum atomic E-state index is 14.2. The quantitative estimate of drug-likeness (QED) is 0.702. The smallest absolute Gasteiger partial charge is 0.386 e. The molecule has 1 aromatic carbocycles. The fourth-order valence-corrected chi connectivity index (χ4v) is 3.45. The van der Waals surface area contributed by atoms with Crippen LogP contribution in [0.3, 0.4) is 0 Å². The molecule has 0 aliphatic heterocycles. The van der Waals surface area contributed by atoms with Crippen LogP contribution < -0.4 is 0 Å². The summed E-state index contributed by atoms with van der Waals surface area (Å²) in [7, 11) is -4.68. The molecular formula is C14H21F2O4P. The van der Waals surface area contributed by atoms with Gasteiger partial charge >= 0.3 is 13.3 Å². The van der Waals surface area contributed by atoms with Crippen LogP contribution in [0.4, 0.5) is 8.78 Å². The van der Waals surface area contributed by atoms with E-state index in [1.165, 1.54) is 13.8 Å². The molecule has 0 unspecified atom stereocenters. The molecule has 1 rings (SSSR count). The van der Waals surface area contributed by atoms with Gasteiger partial charge in [-0.1, -0.05) is 30.3 Å². The van der Waals surface area contributed by atoms with Gasteiger partial charge in [-0.05, 0) is 32.3 Å². The van der Waals surface area contributed by atoms with Crippen molar-refractivity contribution in [2.24, 2.45) is 0 Å². The Morgan fingerprint density at radius 3 is 2.19 bits per heavy atom. The molecule has 4 nitrogen and oxygen atoms in total. The lowest BCUT2D eigenvalue weighted by molar-refractivity contribution is -0.0683. The predicted octanol–water partition coefficient (Wildman–Crippen LogP) is 3.84. The van der Waals surface area contributed by atoms with Gasteiger partial charge in [0.05, 0.1) is 13.2 Å². The highest BCUT2D eigenvalue weighted by atomic mass is 31.2. The second kappa shape index (κ2) is 7.99. The van der Waals surface area contributed by atoms with Crippen LogP contribution in [0, 0.1) is 0 Å². The zero-order valence-electron chi connectivity index (χ0n) is 12.2. The number of alkyl halides is 2. The fourth-order valence-electron chi connectivity index (χ4n) is 1.85. The lowest BCUT2D eigenvalue weighted by Gasteiger charge is -2.29. The topological polar surface area (TPSA) is 55.8 Å². The van der Waals surface area contributed by atoms with E-state index in [1.807, 2.05) is 6.07 Å². The van der Waals surface area contributed by atoms with Crippen molar-refractivity contribution in [3.63, 3.8) is 0 Å². The van der Waals surface area contributed by atoms with Crippen LogP contribution in [0.1, 0.15) is 25.8 Å². The molecule has 1 N–H and O–H groups in total. The van der Waals surface area contributed by atoms with Crippen molar-refractivity contribution in [1.29, 1.82) is 0 Å². The SMILES string of the molecule is CCOP(=O)(OCC)C(F)(F)[C@H](O)CCc1ccccc1. The minimum Gasteiger partial charge on any atom is -0.386 e. The van der Waals surface area contributed by atoms with Crippen molar-refractivity contribution in [3.8, 4) is 0 Å². The fraction of sp³-hybridized carbons (Fsp3) is 0.571. The first kappa shape index (κ1) is 18.2. The lowest BCUT2D eigenvalue weighted by atomic mass is 10.1. The number of aliphatic hydroxyl groups is 1. The van der Waals surface area contributed by atoms with Gasteiger partial charge in [0.25, 0.3) is 0 Å². The Bertz CT molecular complexity index is 457. The van der Waals surface area contributed by atoms with E-state index in [0.29, 0.717) is 0 Å². The summed E-state index contributed by atoms with van der Waals surface area (Å²) in [5.41, 5.74) is -3.12. The van der Waals surface area contributed by atoms with Crippen LogP contribution in [0.25, 0.3) is 0 Å². The standard InChI is InChI=1S/C14H21F2O4P/c1-3-19-21(18,20-4-2)14(15,16)13(17)11-10-12-8-6-5-7-9-12/h5-9,13,17H,3-4,10-11H2,1-2H3/t13-/m1/s1. The molecule has 21 heavy (non-hydrogen) atoms. The number of aryl methyl sites for hydroxylation is 1. The minimum absolute atomic E-state index is 0.182. The number of aliphatic hydroxyl groups excluding tert-OH is 1. The summed E-state index contributed by atoms with van der Waals surface area (Å²) in [5, 5.41) is 9.74.